The molecular formula is C25H25N3O2S. The first-order valence-electron chi connectivity index (χ1n) is 10.7. The van der Waals surface area contributed by atoms with Gasteiger partial charge in [-0.15, -0.1) is 0 Å². The minimum absolute atomic E-state index is 0.222. The number of amides is 1. The summed E-state index contributed by atoms with van der Waals surface area (Å²) in [5.41, 5.74) is 3.24. The number of ether oxygens (including phenoxy) is 1. The smallest absolute Gasteiger partial charge is 0.227 e. The Kier molecular flexibility index (Phi) is 5.71. The van der Waals surface area contributed by atoms with Crippen LogP contribution in [0.5, 0.6) is 5.75 Å². The second kappa shape index (κ2) is 8.94. The molecule has 5 rings (SSSR count). The highest BCUT2D eigenvalue weighted by Crippen LogP contribution is 2.30. The van der Waals surface area contributed by atoms with E-state index in [1.807, 2.05) is 52.7 Å². The zero-order chi connectivity index (χ0) is 21.0. The number of carbonyl (C=O) groups excluding carboxylic acids is 1. The number of carbonyl (C=O) groups is 1. The molecule has 0 unspecified atom stereocenters. The molecule has 0 spiro atoms. The van der Waals surface area contributed by atoms with Crippen molar-refractivity contribution in [1.29, 1.82) is 0 Å². The third kappa shape index (κ3) is 4.35. The fraction of sp³-hybridized carbons (Fsp3) is 0.280. The predicted molar refractivity (Wildman–Crippen MR) is 123 cm³/mol. The van der Waals surface area contributed by atoms with E-state index in [1.54, 1.807) is 11.3 Å². The summed E-state index contributed by atoms with van der Waals surface area (Å²) < 4.78 is 8.36. The van der Waals surface area contributed by atoms with Gasteiger partial charge in [-0.3, -0.25) is 4.79 Å². The van der Waals surface area contributed by atoms with Crippen molar-refractivity contribution in [2.45, 2.75) is 31.9 Å². The Morgan fingerprint density at radius 1 is 1.03 bits per heavy atom. The van der Waals surface area contributed by atoms with Crippen molar-refractivity contribution < 1.29 is 9.53 Å². The molecule has 158 valence electrons. The molecule has 6 heteroatoms. The van der Waals surface area contributed by atoms with Gasteiger partial charge in [-0.05, 0) is 59.5 Å². The highest BCUT2D eigenvalue weighted by molar-refractivity contribution is 7.08. The van der Waals surface area contributed by atoms with E-state index in [0.29, 0.717) is 19.1 Å². The summed E-state index contributed by atoms with van der Waals surface area (Å²) in [5.74, 6) is 2.00. The fourth-order valence-corrected chi connectivity index (χ4v) is 4.99. The molecule has 2 aromatic heterocycles. The van der Waals surface area contributed by atoms with Gasteiger partial charge in [0.25, 0.3) is 0 Å². The van der Waals surface area contributed by atoms with Crippen LogP contribution in [-0.2, 0) is 17.8 Å². The quantitative estimate of drug-likeness (QED) is 0.428. The van der Waals surface area contributed by atoms with E-state index in [9.17, 15) is 4.79 Å². The maximum Gasteiger partial charge on any atom is 0.227 e. The van der Waals surface area contributed by atoms with Crippen LogP contribution >= 0.6 is 11.3 Å². The van der Waals surface area contributed by atoms with Crippen LogP contribution in [0.15, 0.2) is 71.4 Å². The molecule has 4 aromatic rings. The van der Waals surface area contributed by atoms with Crippen molar-refractivity contribution >= 4 is 28.3 Å². The number of piperidine rings is 1. The lowest BCUT2D eigenvalue weighted by atomic mass is 10.0. The number of nitrogens with zero attached hydrogens (tertiary/aromatic N) is 3. The molecule has 0 N–H and O–H groups in total. The standard InChI is InChI=1S/C25H25N3O2S/c29-25(16-19-12-15-31-18-19)27-13-10-20(11-14-27)28-23-9-5-4-8-22(23)26-24(28)17-30-21-6-2-1-3-7-21/h1-9,12,15,18,20H,10-11,13-14,16-17H2. The molecule has 1 saturated heterocycles. The Balaban J connectivity index is 1.32. The first-order chi connectivity index (χ1) is 15.3. The second-order valence-corrected chi connectivity index (χ2v) is 8.69. The largest absolute Gasteiger partial charge is 0.486 e. The number of thiophene rings is 1. The molecule has 1 aliphatic heterocycles. The lowest BCUT2D eigenvalue weighted by Crippen LogP contribution is -2.40. The van der Waals surface area contributed by atoms with Crippen LogP contribution in [0.2, 0.25) is 0 Å². The molecule has 0 bridgehead atoms. The van der Waals surface area contributed by atoms with E-state index in [-0.39, 0.29) is 5.91 Å². The Morgan fingerprint density at radius 3 is 2.58 bits per heavy atom. The maximum atomic E-state index is 12.7. The highest BCUT2D eigenvalue weighted by atomic mass is 32.1. The van der Waals surface area contributed by atoms with E-state index in [1.165, 1.54) is 0 Å². The van der Waals surface area contributed by atoms with E-state index in [2.05, 4.69) is 28.1 Å². The van der Waals surface area contributed by atoms with Gasteiger partial charge in [-0.25, -0.2) is 4.98 Å². The van der Waals surface area contributed by atoms with Crippen molar-refractivity contribution in [2.75, 3.05) is 13.1 Å². The van der Waals surface area contributed by atoms with Gasteiger partial charge in [-0.2, -0.15) is 11.3 Å². The van der Waals surface area contributed by atoms with Crippen LogP contribution in [0.4, 0.5) is 0 Å². The zero-order valence-electron chi connectivity index (χ0n) is 17.3. The number of aromatic nitrogens is 2. The number of hydrogen-bond donors (Lipinski definition) is 0. The SMILES string of the molecule is O=C(Cc1ccsc1)N1CCC(n2c(COc3ccccc3)nc3ccccc32)CC1. The van der Waals surface area contributed by atoms with Crippen LogP contribution in [0.25, 0.3) is 11.0 Å². The molecule has 0 saturated carbocycles. The Morgan fingerprint density at radius 2 is 1.81 bits per heavy atom. The molecule has 2 aromatic carbocycles. The number of benzene rings is 2. The van der Waals surface area contributed by atoms with Crippen LogP contribution < -0.4 is 4.74 Å². The van der Waals surface area contributed by atoms with Gasteiger partial charge in [0.05, 0.1) is 17.5 Å². The van der Waals surface area contributed by atoms with Crippen molar-refractivity contribution in [3.8, 4) is 5.75 Å². The van der Waals surface area contributed by atoms with Gasteiger partial charge in [0.15, 0.2) is 0 Å². The summed E-state index contributed by atoms with van der Waals surface area (Å²) in [6, 6.07) is 20.5. The van der Waals surface area contributed by atoms with E-state index in [0.717, 1.165) is 54.1 Å². The lowest BCUT2D eigenvalue weighted by molar-refractivity contribution is -0.131. The molecule has 31 heavy (non-hydrogen) atoms. The molecule has 1 amide bonds. The third-order valence-corrected chi connectivity index (χ3v) is 6.63. The van der Waals surface area contributed by atoms with Gasteiger partial charge < -0.3 is 14.2 Å². The Bertz CT molecular complexity index is 1150. The average molecular weight is 432 g/mol. The average Bonchev–Trinajstić information content (AvgIpc) is 3.46. The minimum atomic E-state index is 0.222. The molecule has 3 heterocycles. The number of imidazole rings is 1. The third-order valence-electron chi connectivity index (χ3n) is 5.90. The second-order valence-electron chi connectivity index (χ2n) is 7.91. The molecule has 0 aliphatic carbocycles. The van der Waals surface area contributed by atoms with Gasteiger partial charge in [0.2, 0.25) is 5.91 Å². The van der Waals surface area contributed by atoms with Gasteiger partial charge in [0, 0.05) is 19.1 Å². The van der Waals surface area contributed by atoms with E-state index >= 15 is 0 Å². The number of para-hydroxylation sites is 3. The molecule has 5 nitrogen and oxygen atoms in total. The monoisotopic (exact) mass is 431 g/mol. The number of fused-ring (bicyclic) bond motifs is 1. The molecule has 1 aliphatic rings. The summed E-state index contributed by atoms with van der Waals surface area (Å²) >= 11 is 1.64. The van der Waals surface area contributed by atoms with Gasteiger partial charge in [-0.1, -0.05) is 30.3 Å². The normalized spacial score (nSPS) is 14.8. The van der Waals surface area contributed by atoms with Crippen molar-refractivity contribution in [2.24, 2.45) is 0 Å². The van der Waals surface area contributed by atoms with Crippen molar-refractivity contribution in [3.63, 3.8) is 0 Å². The predicted octanol–water partition coefficient (Wildman–Crippen LogP) is 5.08. The summed E-state index contributed by atoms with van der Waals surface area (Å²) in [6.07, 6.45) is 2.35. The molecule has 0 atom stereocenters. The Hall–Kier alpha value is -3.12. The van der Waals surface area contributed by atoms with Crippen molar-refractivity contribution in [1.82, 2.24) is 14.5 Å². The number of likely N-dealkylation sites (tertiary alicyclic amines) is 1. The number of rotatable bonds is 6. The molecule has 0 radical (unpaired) electrons. The van der Waals surface area contributed by atoms with E-state index in [4.69, 9.17) is 9.72 Å². The van der Waals surface area contributed by atoms with Crippen LogP contribution in [-0.4, -0.2) is 33.4 Å². The van der Waals surface area contributed by atoms with E-state index < -0.39 is 0 Å². The summed E-state index contributed by atoms with van der Waals surface area (Å²) in [4.78, 5) is 19.6. The molecule has 1 fully saturated rings. The zero-order valence-corrected chi connectivity index (χ0v) is 18.1. The van der Waals surface area contributed by atoms with Crippen LogP contribution in [0.1, 0.15) is 30.3 Å². The van der Waals surface area contributed by atoms with Gasteiger partial charge in [0.1, 0.15) is 18.2 Å². The molecular weight excluding hydrogens is 406 g/mol. The van der Waals surface area contributed by atoms with Crippen LogP contribution in [0.3, 0.4) is 0 Å². The topological polar surface area (TPSA) is 47.4 Å². The minimum Gasteiger partial charge on any atom is -0.486 e. The maximum absolute atomic E-state index is 12.7. The van der Waals surface area contributed by atoms with Crippen LogP contribution in [0, 0.1) is 0 Å². The fourth-order valence-electron chi connectivity index (χ4n) is 4.32. The first-order valence-corrected chi connectivity index (χ1v) is 11.6. The summed E-state index contributed by atoms with van der Waals surface area (Å²) in [5, 5.41) is 4.08. The highest BCUT2D eigenvalue weighted by Gasteiger charge is 2.27. The first kappa shape index (κ1) is 19.8. The summed E-state index contributed by atoms with van der Waals surface area (Å²) in [6.45, 7) is 1.98. The number of hydrogen-bond acceptors (Lipinski definition) is 4. The van der Waals surface area contributed by atoms with Crippen molar-refractivity contribution in [3.05, 3.63) is 82.8 Å². The van der Waals surface area contributed by atoms with Gasteiger partial charge >= 0.3 is 0 Å². The lowest BCUT2D eigenvalue weighted by Gasteiger charge is -2.33. The Labute approximate surface area is 185 Å². The summed E-state index contributed by atoms with van der Waals surface area (Å²) in [7, 11) is 0.